The van der Waals surface area contributed by atoms with Gasteiger partial charge in [0.25, 0.3) is 5.91 Å². The van der Waals surface area contributed by atoms with Crippen LogP contribution in [-0.4, -0.2) is 21.7 Å². The number of hydrogen-bond donors (Lipinski definition) is 1. The van der Waals surface area contributed by atoms with Crippen molar-refractivity contribution in [2.75, 3.05) is 0 Å². The number of furan rings is 1. The zero-order chi connectivity index (χ0) is 16.9. The highest BCUT2D eigenvalue weighted by Crippen LogP contribution is 2.22. The molecule has 1 unspecified atom stereocenters. The molecule has 1 amide bonds. The first-order valence-electron chi connectivity index (χ1n) is 8.19. The Bertz CT molecular complexity index is 791. The van der Waals surface area contributed by atoms with Crippen LogP contribution in [0.15, 0.2) is 59.2 Å². The summed E-state index contributed by atoms with van der Waals surface area (Å²) in [5.74, 6) is 0.505. The summed E-state index contributed by atoms with van der Waals surface area (Å²) in [6, 6.07) is 15.1. The molecule has 1 aromatic carbocycles. The molecule has 3 rings (SSSR count). The summed E-state index contributed by atoms with van der Waals surface area (Å²) in [6.07, 6.45) is 3.56. The van der Waals surface area contributed by atoms with E-state index in [9.17, 15) is 4.79 Å². The average Bonchev–Trinajstić information content (AvgIpc) is 3.25. The first kappa shape index (κ1) is 16.1. The van der Waals surface area contributed by atoms with Gasteiger partial charge >= 0.3 is 0 Å². The molecule has 2 aromatic heterocycles. The normalized spacial score (nSPS) is 12.1. The SMILES string of the molecule is CCCC(C)NC(=O)c1cc(-c2ccco2)nn1-c1ccccc1. The minimum absolute atomic E-state index is 0.119. The maximum absolute atomic E-state index is 12.7. The van der Waals surface area contributed by atoms with Gasteiger partial charge in [-0.05, 0) is 37.6 Å². The van der Waals surface area contributed by atoms with Crippen LogP contribution in [0.25, 0.3) is 17.1 Å². The van der Waals surface area contributed by atoms with Crippen molar-refractivity contribution in [3.63, 3.8) is 0 Å². The second-order valence-electron chi connectivity index (χ2n) is 5.80. The second kappa shape index (κ2) is 7.17. The molecule has 0 bridgehead atoms. The lowest BCUT2D eigenvalue weighted by atomic mass is 10.2. The molecule has 0 aliphatic heterocycles. The molecular weight excluding hydrogens is 302 g/mol. The number of benzene rings is 1. The van der Waals surface area contributed by atoms with Crippen LogP contribution in [0.2, 0.25) is 0 Å². The van der Waals surface area contributed by atoms with Crippen molar-refractivity contribution in [3.05, 3.63) is 60.5 Å². The van der Waals surface area contributed by atoms with Crippen LogP contribution in [0.1, 0.15) is 37.2 Å². The molecule has 5 heteroatoms. The summed E-state index contributed by atoms with van der Waals surface area (Å²) in [4.78, 5) is 12.7. The van der Waals surface area contributed by atoms with Gasteiger partial charge in [-0.3, -0.25) is 4.79 Å². The number of carbonyl (C=O) groups excluding carboxylic acids is 1. The van der Waals surface area contributed by atoms with Crippen LogP contribution in [-0.2, 0) is 0 Å². The fourth-order valence-corrected chi connectivity index (χ4v) is 2.66. The number of carbonyl (C=O) groups is 1. The molecule has 2 heterocycles. The second-order valence-corrected chi connectivity index (χ2v) is 5.80. The predicted octanol–water partition coefficient (Wildman–Crippen LogP) is 4.05. The largest absolute Gasteiger partial charge is 0.463 e. The van der Waals surface area contributed by atoms with Gasteiger partial charge in [-0.1, -0.05) is 31.5 Å². The van der Waals surface area contributed by atoms with Crippen LogP contribution in [0.5, 0.6) is 0 Å². The van der Waals surface area contributed by atoms with Gasteiger partial charge in [0.2, 0.25) is 0 Å². The van der Waals surface area contributed by atoms with Gasteiger partial charge in [-0.2, -0.15) is 5.10 Å². The molecule has 0 spiro atoms. The minimum Gasteiger partial charge on any atom is -0.463 e. The number of nitrogens with one attached hydrogen (secondary N) is 1. The zero-order valence-corrected chi connectivity index (χ0v) is 13.9. The summed E-state index contributed by atoms with van der Waals surface area (Å²) < 4.78 is 7.07. The Kier molecular flexibility index (Phi) is 4.79. The van der Waals surface area contributed by atoms with Crippen molar-refractivity contribution in [1.82, 2.24) is 15.1 Å². The van der Waals surface area contributed by atoms with Crippen molar-refractivity contribution in [2.45, 2.75) is 32.7 Å². The molecular formula is C19H21N3O2. The van der Waals surface area contributed by atoms with Gasteiger partial charge in [0, 0.05) is 12.1 Å². The highest BCUT2D eigenvalue weighted by Gasteiger charge is 2.19. The van der Waals surface area contributed by atoms with Crippen molar-refractivity contribution in [1.29, 1.82) is 0 Å². The molecule has 3 aromatic rings. The van der Waals surface area contributed by atoms with Crippen LogP contribution in [0, 0.1) is 0 Å². The standard InChI is InChI=1S/C19H21N3O2/c1-3-8-14(2)20-19(23)17-13-16(18-11-7-12-24-18)21-22(17)15-9-5-4-6-10-15/h4-7,9-14H,3,8H2,1-2H3,(H,20,23). The summed E-state index contributed by atoms with van der Waals surface area (Å²) in [7, 11) is 0. The Labute approximate surface area is 141 Å². The van der Waals surface area contributed by atoms with Crippen molar-refractivity contribution < 1.29 is 9.21 Å². The van der Waals surface area contributed by atoms with E-state index in [1.165, 1.54) is 0 Å². The summed E-state index contributed by atoms with van der Waals surface area (Å²) >= 11 is 0. The van der Waals surface area contributed by atoms with Crippen LogP contribution in [0.4, 0.5) is 0 Å². The zero-order valence-electron chi connectivity index (χ0n) is 13.9. The number of hydrogen-bond acceptors (Lipinski definition) is 3. The molecule has 0 saturated carbocycles. The minimum atomic E-state index is -0.134. The first-order chi connectivity index (χ1) is 11.7. The van der Waals surface area contributed by atoms with E-state index >= 15 is 0 Å². The number of nitrogens with zero attached hydrogens (tertiary/aromatic N) is 2. The van der Waals surface area contributed by atoms with Crippen LogP contribution in [0.3, 0.4) is 0 Å². The number of para-hydroxylation sites is 1. The maximum Gasteiger partial charge on any atom is 0.270 e. The number of amides is 1. The van der Waals surface area contributed by atoms with E-state index in [2.05, 4.69) is 17.3 Å². The maximum atomic E-state index is 12.7. The highest BCUT2D eigenvalue weighted by molar-refractivity contribution is 5.94. The molecule has 0 aliphatic carbocycles. The van der Waals surface area contributed by atoms with Crippen LogP contribution >= 0.6 is 0 Å². The fourth-order valence-electron chi connectivity index (χ4n) is 2.66. The van der Waals surface area contributed by atoms with E-state index in [0.717, 1.165) is 18.5 Å². The van der Waals surface area contributed by atoms with Crippen molar-refractivity contribution in [2.24, 2.45) is 0 Å². The molecule has 1 atom stereocenters. The molecule has 5 nitrogen and oxygen atoms in total. The Morgan fingerprint density at radius 3 is 2.71 bits per heavy atom. The number of aromatic nitrogens is 2. The topological polar surface area (TPSA) is 60.1 Å². The molecule has 0 fully saturated rings. The van der Waals surface area contributed by atoms with E-state index in [1.807, 2.05) is 43.3 Å². The highest BCUT2D eigenvalue weighted by atomic mass is 16.3. The third-order valence-electron chi connectivity index (χ3n) is 3.82. The predicted molar refractivity (Wildman–Crippen MR) is 93.1 cm³/mol. The smallest absolute Gasteiger partial charge is 0.270 e. The van der Waals surface area contributed by atoms with Crippen molar-refractivity contribution >= 4 is 5.91 Å². The fraction of sp³-hybridized carbons (Fsp3) is 0.263. The quantitative estimate of drug-likeness (QED) is 0.744. The first-order valence-corrected chi connectivity index (χ1v) is 8.19. The summed E-state index contributed by atoms with van der Waals surface area (Å²) in [5, 5.41) is 7.59. The van der Waals surface area contributed by atoms with Crippen molar-refractivity contribution in [3.8, 4) is 17.1 Å². The van der Waals surface area contributed by atoms with Gasteiger partial charge in [-0.25, -0.2) is 4.68 Å². The van der Waals surface area contributed by atoms with Gasteiger partial charge in [-0.15, -0.1) is 0 Å². The van der Waals surface area contributed by atoms with Crippen LogP contribution < -0.4 is 5.32 Å². The third-order valence-corrected chi connectivity index (χ3v) is 3.82. The summed E-state index contributed by atoms with van der Waals surface area (Å²) in [6.45, 7) is 4.12. The van der Waals surface area contributed by atoms with E-state index in [0.29, 0.717) is 17.1 Å². The van der Waals surface area contributed by atoms with E-state index in [-0.39, 0.29) is 11.9 Å². The third kappa shape index (κ3) is 3.40. The Morgan fingerprint density at radius 1 is 1.25 bits per heavy atom. The molecule has 0 radical (unpaired) electrons. The van der Waals surface area contributed by atoms with Gasteiger partial charge in [0.05, 0.1) is 12.0 Å². The lowest BCUT2D eigenvalue weighted by molar-refractivity contribution is 0.0930. The van der Waals surface area contributed by atoms with Gasteiger partial charge < -0.3 is 9.73 Å². The molecule has 124 valence electrons. The monoisotopic (exact) mass is 323 g/mol. The van der Waals surface area contributed by atoms with E-state index in [4.69, 9.17) is 4.42 Å². The molecule has 0 aliphatic rings. The Morgan fingerprint density at radius 2 is 2.04 bits per heavy atom. The molecule has 1 N–H and O–H groups in total. The average molecular weight is 323 g/mol. The summed E-state index contributed by atoms with van der Waals surface area (Å²) in [5.41, 5.74) is 1.97. The Balaban J connectivity index is 1.98. The Hall–Kier alpha value is -2.82. The van der Waals surface area contributed by atoms with E-state index < -0.39 is 0 Å². The van der Waals surface area contributed by atoms with Gasteiger partial charge in [0.15, 0.2) is 5.76 Å². The number of rotatable bonds is 6. The molecule has 24 heavy (non-hydrogen) atoms. The lowest BCUT2D eigenvalue weighted by Crippen LogP contribution is -2.33. The van der Waals surface area contributed by atoms with Gasteiger partial charge in [0.1, 0.15) is 11.4 Å². The lowest BCUT2D eigenvalue weighted by Gasteiger charge is -2.13. The molecule has 0 saturated heterocycles. The van der Waals surface area contributed by atoms with E-state index in [1.54, 1.807) is 23.1 Å².